The number of methoxy groups -OCH3 is 1. The lowest BCUT2D eigenvalue weighted by Crippen LogP contribution is -2.12. The SMILES string of the molecule is COc1ccc(C(=O)Nc2ccc3c(c2)OCO3)cc1N. The molecule has 21 heavy (non-hydrogen) atoms. The van der Waals surface area contributed by atoms with Gasteiger partial charge in [-0.05, 0) is 30.3 Å². The first-order valence-electron chi connectivity index (χ1n) is 6.32. The summed E-state index contributed by atoms with van der Waals surface area (Å²) in [5.74, 6) is 1.56. The fourth-order valence-electron chi connectivity index (χ4n) is 2.05. The Kier molecular flexibility index (Phi) is 3.27. The van der Waals surface area contributed by atoms with E-state index in [1.165, 1.54) is 7.11 Å². The van der Waals surface area contributed by atoms with Crippen LogP contribution in [0.15, 0.2) is 36.4 Å². The molecule has 6 heteroatoms. The quantitative estimate of drug-likeness (QED) is 0.846. The number of benzene rings is 2. The van der Waals surface area contributed by atoms with Crippen LogP contribution in [0.1, 0.15) is 10.4 Å². The van der Waals surface area contributed by atoms with Crippen LogP contribution in [0.4, 0.5) is 11.4 Å². The Morgan fingerprint density at radius 1 is 1.19 bits per heavy atom. The zero-order chi connectivity index (χ0) is 14.8. The number of fused-ring (bicyclic) bond motifs is 1. The van der Waals surface area contributed by atoms with Gasteiger partial charge < -0.3 is 25.3 Å². The number of hydrogen-bond acceptors (Lipinski definition) is 5. The van der Waals surface area contributed by atoms with E-state index in [1.54, 1.807) is 36.4 Å². The van der Waals surface area contributed by atoms with Crippen LogP contribution < -0.4 is 25.3 Å². The second-order valence-corrected chi connectivity index (χ2v) is 4.48. The number of hydrogen-bond donors (Lipinski definition) is 2. The van der Waals surface area contributed by atoms with Gasteiger partial charge in [-0.2, -0.15) is 0 Å². The summed E-state index contributed by atoms with van der Waals surface area (Å²) in [6, 6.07) is 10.1. The minimum Gasteiger partial charge on any atom is -0.495 e. The summed E-state index contributed by atoms with van der Waals surface area (Å²) < 4.78 is 15.5. The molecule has 1 amide bonds. The van der Waals surface area contributed by atoms with E-state index in [4.69, 9.17) is 19.9 Å². The van der Waals surface area contributed by atoms with Gasteiger partial charge in [-0.3, -0.25) is 4.79 Å². The van der Waals surface area contributed by atoms with E-state index in [9.17, 15) is 4.79 Å². The molecule has 0 saturated heterocycles. The van der Waals surface area contributed by atoms with Gasteiger partial charge in [0.1, 0.15) is 5.75 Å². The Labute approximate surface area is 121 Å². The molecular formula is C15H14N2O4. The standard InChI is InChI=1S/C15H14N2O4/c1-19-12-4-2-9(6-11(12)16)15(18)17-10-3-5-13-14(7-10)21-8-20-13/h2-7H,8,16H2,1H3,(H,17,18). The zero-order valence-electron chi connectivity index (χ0n) is 11.4. The highest BCUT2D eigenvalue weighted by Gasteiger charge is 2.15. The molecule has 3 rings (SSSR count). The molecule has 3 N–H and O–H groups in total. The van der Waals surface area contributed by atoms with E-state index < -0.39 is 0 Å². The van der Waals surface area contributed by atoms with E-state index in [0.29, 0.717) is 34.2 Å². The molecule has 0 aromatic heterocycles. The van der Waals surface area contributed by atoms with Crippen molar-refractivity contribution < 1.29 is 19.0 Å². The predicted octanol–water partition coefficient (Wildman–Crippen LogP) is 2.26. The maximum atomic E-state index is 12.2. The molecule has 0 atom stereocenters. The summed E-state index contributed by atoms with van der Waals surface area (Å²) in [4.78, 5) is 12.2. The normalized spacial score (nSPS) is 12.0. The highest BCUT2D eigenvalue weighted by molar-refractivity contribution is 6.05. The van der Waals surface area contributed by atoms with E-state index in [0.717, 1.165) is 0 Å². The predicted molar refractivity (Wildman–Crippen MR) is 77.9 cm³/mol. The summed E-state index contributed by atoms with van der Waals surface area (Å²) in [5.41, 5.74) is 7.28. The van der Waals surface area contributed by atoms with Gasteiger partial charge in [0, 0.05) is 17.3 Å². The van der Waals surface area contributed by atoms with Crippen LogP contribution in [0, 0.1) is 0 Å². The van der Waals surface area contributed by atoms with E-state index >= 15 is 0 Å². The van der Waals surface area contributed by atoms with Crippen molar-refractivity contribution in [3.8, 4) is 17.2 Å². The molecule has 108 valence electrons. The molecule has 1 heterocycles. The lowest BCUT2D eigenvalue weighted by Gasteiger charge is -2.08. The van der Waals surface area contributed by atoms with Crippen molar-refractivity contribution in [1.29, 1.82) is 0 Å². The summed E-state index contributed by atoms with van der Waals surface area (Å²) in [6.07, 6.45) is 0. The lowest BCUT2D eigenvalue weighted by molar-refractivity contribution is 0.102. The second-order valence-electron chi connectivity index (χ2n) is 4.48. The van der Waals surface area contributed by atoms with Crippen molar-refractivity contribution in [2.24, 2.45) is 0 Å². The number of nitrogens with one attached hydrogen (secondary N) is 1. The summed E-state index contributed by atoms with van der Waals surface area (Å²) in [5, 5.41) is 2.78. The Bertz CT molecular complexity index is 700. The number of carbonyl (C=O) groups is 1. The molecule has 1 aliphatic rings. The molecule has 0 fully saturated rings. The summed E-state index contributed by atoms with van der Waals surface area (Å²) in [6.45, 7) is 0.196. The Morgan fingerprint density at radius 3 is 2.76 bits per heavy atom. The highest BCUT2D eigenvalue weighted by Crippen LogP contribution is 2.34. The third-order valence-electron chi connectivity index (χ3n) is 3.12. The minimum atomic E-state index is -0.261. The maximum absolute atomic E-state index is 12.2. The largest absolute Gasteiger partial charge is 0.495 e. The van der Waals surface area contributed by atoms with E-state index in [1.807, 2.05) is 0 Å². The molecule has 0 bridgehead atoms. The van der Waals surface area contributed by atoms with Gasteiger partial charge in [0.05, 0.1) is 12.8 Å². The van der Waals surface area contributed by atoms with Gasteiger partial charge in [-0.25, -0.2) is 0 Å². The second kappa shape index (κ2) is 5.24. The Hall–Kier alpha value is -2.89. The number of amides is 1. The smallest absolute Gasteiger partial charge is 0.255 e. The Balaban J connectivity index is 1.78. The average molecular weight is 286 g/mol. The molecular weight excluding hydrogens is 272 g/mol. The van der Waals surface area contributed by atoms with Crippen LogP contribution in [0.25, 0.3) is 0 Å². The molecule has 0 spiro atoms. The van der Waals surface area contributed by atoms with Crippen LogP contribution in [-0.4, -0.2) is 19.8 Å². The van der Waals surface area contributed by atoms with Gasteiger partial charge in [0.15, 0.2) is 11.5 Å². The number of ether oxygens (including phenoxy) is 3. The average Bonchev–Trinajstić information content (AvgIpc) is 2.94. The number of nitrogens with two attached hydrogens (primary N) is 1. The van der Waals surface area contributed by atoms with Crippen molar-refractivity contribution in [3.05, 3.63) is 42.0 Å². The molecule has 2 aromatic carbocycles. The molecule has 2 aromatic rings. The first-order chi connectivity index (χ1) is 10.2. The van der Waals surface area contributed by atoms with Crippen molar-refractivity contribution >= 4 is 17.3 Å². The molecule has 0 unspecified atom stereocenters. The third kappa shape index (κ3) is 2.55. The van der Waals surface area contributed by atoms with Gasteiger partial charge in [0.25, 0.3) is 5.91 Å². The number of rotatable bonds is 3. The van der Waals surface area contributed by atoms with Crippen molar-refractivity contribution in [3.63, 3.8) is 0 Å². The van der Waals surface area contributed by atoms with Crippen molar-refractivity contribution in [2.45, 2.75) is 0 Å². The zero-order valence-corrected chi connectivity index (χ0v) is 11.4. The highest BCUT2D eigenvalue weighted by atomic mass is 16.7. The minimum absolute atomic E-state index is 0.196. The Morgan fingerprint density at radius 2 is 2.00 bits per heavy atom. The first kappa shape index (κ1) is 13.1. The van der Waals surface area contributed by atoms with E-state index in [-0.39, 0.29) is 12.7 Å². The lowest BCUT2D eigenvalue weighted by atomic mass is 10.1. The van der Waals surface area contributed by atoms with Crippen molar-refractivity contribution in [2.75, 3.05) is 25.0 Å². The van der Waals surface area contributed by atoms with Gasteiger partial charge >= 0.3 is 0 Å². The summed E-state index contributed by atoms with van der Waals surface area (Å²) in [7, 11) is 1.53. The first-order valence-corrected chi connectivity index (χ1v) is 6.32. The van der Waals surface area contributed by atoms with Crippen molar-refractivity contribution in [1.82, 2.24) is 0 Å². The molecule has 6 nitrogen and oxygen atoms in total. The van der Waals surface area contributed by atoms with Crippen LogP contribution >= 0.6 is 0 Å². The number of anilines is 2. The fourth-order valence-corrected chi connectivity index (χ4v) is 2.05. The fraction of sp³-hybridized carbons (Fsp3) is 0.133. The topological polar surface area (TPSA) is 82.8 Å². The van der Waals surface area contributed by atoms with Gasteiger partial charge in [-0.15, -0.1) is 0 Å². The van der Waals surface area contributed by atoms with Crippen LogP contribution in [0.5, 0.6) is 17.2 Å². The monoisotopic (exact) mass is 286 g/mol. The van der Waals surface area contributed by atoms with Crippen LogP contribution in [0.2, 0.25) is 0 Å². The maximum Gasteiger partial charge on any atom is 0.255 e. The number of carbonyl (C=O) groups excluding carboxylic acids is 1. The van der Waals surface area contributed by atoms with E-state index in [2.05, 4.69) is 5.32 Å². The van der Waals surface area contributed by atoms with Crippen LogP contribution in [-0.2, 0) is 0 Å². The van der Waals surface area contributed by atoms with Gasteiger partial charge in [-0.1, -0.05) is 0 Å². The van der Waals surface area contributed by atoms with Crippen LogP contribution in [0.3, 0.4) is 0 Å². The summed E-state index contributed by atoms with van der Waals surface area (Å²) >= 11 is 0. The molecule has 0 radical (unpaired) electrons. The number of nitrogen functional groups attached to an aromatic ring is 1. The molecule has 0 aliphatic carbocycles. The molecule has 1 aliphatic heterocycles. The third-order valence-corrected chi connectivity index (χ3v) is 3.12. The molecule has 0 saturated carbocycles. The van der Waals surface area contributed by atoms with Gasteiger partial charge in [0.2, 0.25) is 6.79 Å².